The number of allylic oxidation sites excluding steroid dienone is 5. The Labute approximate surface area is 318 Å². The lowest BCUT2D eigenvalue weighted by Gasteiger charge is -2.28. The Morgan fingerprint density at radius 2 is 1.38 bits per heavy atom. The van der Waals surface area contributed by atoms with Crippen LogP contribution in [0, 0.1) is 13.8 Å². The molecule has 1 nitrogen and oxygen atoms in total. The molecule has 1 aliphatic heterocycles. The standard InChI is InChI=1S/C51H43NS/c1-7-9-17-40-32(3)39(8-2)41-26-24-37(30-44(41)33(40)4)52(36-22-20-35(21-23-36)34-15-11-10-12-16-34)38-25-28-46-45(31-38)49-47(51(46,5)6)29-27-43-42-18-13-14-19-48(42)53-50(43)49/h7-31,42,48H,1-2H2,3-6H3/b17-9-. The largest absolute Gasteiger partial charge is 0.310 e. The van der Waals surface area contributed by atoms with Gasteiger partial charge < -0.3 is 4.90 Å². The van der Waals surface area contributed by atoms with E-state index in [-0.39, 0.29) is 5.41 Å². The number of fused-ring (bicyclic) bond motifs is 8. The molecule has 0 aromatic heterocycles. The molecule has 0 amide bonds. The highest BCUT2D eigenvalue weighted by Crippen LogP contribution is 2.59. The molecule has 258 valence electrons. The SMILES string of the molecule is C=C/C=C\c1c(C)c(C=C)c2ccc(N(c3ccc(-c4ccccc4)cc3)c3ccc4c(c3)-c3c(ccc5c3SC3C=CC=CC53)C4(C)C)cc2c1C. The van der Waals surface area contributed by atoms with Gasteiger partial charge in [-0.1, -0.05) is 142 Å². The van der Waals surface area contributed by atoms with Crippen molar-refractivity contribution in [3.8, 4) is 22.3 Å². The lowest BCUT2D eigenvalue weighted by molar-refractivity contribution is 0.659. The van der Waals surface area contributed by atoms with Crippen molar-refractivity contribution in [3.05, 3.63) is 192 Å². The third-order valence-corrected chi connectivity index (χ3v) is 13.2. The molecule has 1 heterocycles. The maximum absolute atomic E-state index is 4.23. The van der Waals surface area contributed by atoms with Crippen molar-refractivity contribution in [2.45, 2.75) is 49.2 Å². The normalized spacial score (nSPS) is 17.4. The van der Waals surface area contributed by atoms with Crippen LogP contribution in [0.25, 0.3) is 45.2 Å². The third-order valence-electron chi connectivity index (χ3n) is 11.8. The van der Waals surface area contributed by atoms with E-state index in [0.29, 0.717) is 11.2 Å². The van der Waals surface area contributed by atoms with Crippen LogP contribution in [0.5, 0.6) is 0 Å². The number of rotatable bonds is 7. The smallest absolute Gasteiger partial charge is 0.0468 e. The maximum Gasteiger partial charge on any atom is 0.0468 e. The second-order valence-electron chi connectivity index (χ2n) is 15.0. The van der Waals surface area contributed by atoms with Crippen molar-refractivity contribution >= 4 is 51.7 Å². The van der Waals surface area contributed by atoms with E-state index in [1.165, 1.54) is 76.9 Å². The molecule has 6 aromatic carbocycles. The fourth-order valence-corrected chi connectivity index (χ4v) is 10.5. The van der Waals surface area contributed by atoms with E-state index >= 15 is 0 Å². The van der Waals surface area contributed by atoms with Gasteiger partial charge in [0.15, 0.2) is 0 Å². The minimum atomic E-state index is -0.0885. The van der Waals surface area contributed by atoms with Gasteiger partial charge in [0.25, 0.3) is 0 Å². The lowest BCUT2D eigenvalue weighted by Crippen LogP contribution is -2.15. The molecule has 9 rings (SSSR count). The van der Waals surface area contributed by atoms with Crippen LogP contribution in [0.1, 0.15) is 58.7 Å². The second kappa shape index (κ2) is 12.8. The van der Waals surface area contributed by atoms with Gasteiger partial charge in [0.2, 0.25) is 0 Å². The number of benzene rings is 6. The Kier molecular flexibility index (Phi) is 8.05. The molecular weight excluding hydrogens is 659 g/mol. The summed E-state index contributed by atoms with van der Waals surface area (Å²) >= 11 is 2.04. The number of hydrogen-bond donors (Lipinski definition) is 0. The molecule has 3 aliphatic rings. The van der Waals surface area contributed by atoms with Gasteiger partial charge in [-0.2, -0.15) is 0 Å². The zero-order valence-electron chi connectivity index (χ0n) is 30.9. The summed E-state index contributed by atoms with van der Waals surface area (Å²) in [6, 6.07) is 38.6. The number of nitrogens with zero attached hydrogens (tertiary/aromatic N) is 1. The van der Waals surface area contributed by atoms with E-state index in [2.05, 4.69) is 179 Å². The second-order valence-corrected chi connectivity index (χ2v) is 16.2. The average molecular weight is 702 g/mol. The zero-order chi connectivity index (χ0) is 36.4. The maximum atomic E-state index is 4.23. The molecule has 0 bridgehead atoms. The summed E-state index contributed by atoms with van der Waals surface area (Å²) < 4.78 is 0. The van der Waals surface area contributed by atoms with Crippen LogP contribution in [-0.2, 0) is 5.41 Å². The molecule has 6 aromatic rings. The Balaban J connectivity index is 1.25. The zero-order valence-corrected chi connectivity index (χ0v) is 31.7. The van der Waals surface area contributed by atoms with Gasteiger partial charge in [-0.15, -0.1) is 11.8 Å². The quantitative estimate of drug-likeness (QED) is 0.152. The van der Waals surface area contributed by atoms with E-state index in [4.69, 9.17) is 0 Å². The van der Waals surface area contributed by atoms with Crippen molar-refractivity contribution in [2.75, 3.05) is 4.90 Å². The highest BCUT2D eigenvalue weighted by molar-refractivity contribution is 8.00. The molecular formula is C51H43NS. The van der Waals surface area contributed by atoms with Crippen molar-refractivity contribution in [1.82, 2.24) is 0 Å². The van der Waals surface area contributed by atoms with E-state index in [1.54, 1.807) is 0 Å². The van der Waals surface area contributed by atoms with Gasteiger partial charge in [0, 0.05) is 44.1 Å². The molecule has 0 spiro atoms. The van der Waals surface area contributed by atoms with Gasteiger partial charge in [0.1, 0.15) is 0 Å². The van der Waals surface area contributed by atoms with Crippen molar-refractivity contribution in [2.24, 2.45) is 0 Å². The van der Waals surface area contributed by atoms with Gasteiger partial charge >= 0.3 is 0 Å². The van der Waals surface area contributed by atoms with E-state index < -0.39 is 0 Å². The molecule has 0 saturated heterocycles. The van der Waals surface area contributed by atoms with Crippen LogP contribution < -0.4 is 4.90 Å². The van der Waals surface area contributed by atoms with Crippen molar-refractivity contribution < 1.29 is 0 Å². The summed E-state index contributed by atoms with van der Waals surface area (Å²) in [5.74, 6) is 0.427. The van der Waals surface area contributed by atoms with Crippen molar-refractivity contribution in [3.63, 3.8) is 0 Å². The predicted octanol–water partition coefficient (Wildman–Crippen LogP) is 14.4. The highest BCUT2D eigenvalue weighted by atomic mass is 32.2. The summed E-state index contributed by atoms with van der Waals surface area (Å²) in [5.41, 5.74) is 17.7. The Bertz CT molecular complexity index is 2560. The number of thioether (sulfide) groups is 1. The topological polar surface area (TPSA) is 3.24 Å². The lowest BCUT2D eigenvalue weighted by atomic mass is 9.81. The van der Waals surface area contributed by atoms with Crippen LogP contribution >= 0.6 is 11.8 Å². The summed E-state index contributed by atoms with van der Waals surface area (Å²) in [6.45, 7) is 17.4. The number of anilines is 3. The molecule has 2 unspecified atom stereocenters. The molecule has 2 atom stereocenters. The Hall–Kier alpha value is -5.57. The van der Waals surface area contributed by atoms with E-state index in [0.717, 1.165) is 17.1 Å². The summed E-state index contributed by atoms with van der Waals surface area (Å²) in [4.78, 5) is 3.89. The molecule has 0 saturated carbocycles. The number of aryl methyl sites for hydroxylation is 1. The minimum Gasteiger partial charge on any atom is -0.310 e. The molecule has 0 fully saturated rings. The fourth-order valence-electron chi connectivity index (χ4n) is 9.01. The predicted molar refractivity (Wildman–Crippen MR) is 231 cm³/mol. The minimum absolute atomic E-state index is 0.0885. The fraction of sp³-hybridized carbons (Fsp3) is 0.137. The third kappa shape index (κ3) is 5.23. The average Bonchev–Trinajstić information content (AvgIpc) is 3.67. The Morgan fingerprint density at radius 1 is 0.679 bits per heavy atom. The summed E-state index contributed by atoms with van der Waals surface area (Å²) in [7, 11) is 0. The van der Waals surface area contributed by atoms with Crippen molar-refractivity contribution in [1.29, 1.82) is 0 Å². The first-order valence-corrected chi connectivity index (χ1v) is 19.5. The van der Waals surface area contributed by atoms with Gasteiger partial charge in [-0.25, -0.2) is 0 Å². The summed E-state index contributed by atoms with van der Waals surface area (Å²) in [6.07, 6.45) is 17.2. The van der Waals surface area contributed by atoms with Crippen LogP contribution in [0.15, 0.2) is 158 Å². The van der Waals surface area contributed by atoms with Crippen LogP contribution in [0.3, 0.4) is 0 Å². The molecule has 0 N–H and O–H groups in total. The van der Waals surface area contributed by atoms with Crippen LogP contribution in [0.4, 0.5) is 17.1 Å². The highest BCUT2D eigenvalue weighted by Gasteiger charge is 2.42. The summed E-state index contributed by atoms with van der Waals surface area (Å²) in [5, 5.41) is 2.89. The first kappa shape index (κ1) is 33.3. The molecule has 2 aliphatic carbocycles. The first-order chi connectivity index (χ1) is 25.8. The van der Waals surface area contributed by atoms with Crippen LogP contribution in [0.2, 0.25) is 0 Å². The van der Waals surface area contributed by atoms with Gasteiger partial charge in [-0.3, -0.25) is 0 Å². The monoisotopic (exact) mass is 701 g/mol. The van der Waals surface area contributed by atoms with E-state index in [9.17, 15) is 0 Å². The van der Waals surface area contributed by atoms with E-state index in [1.807, 2.05) is 30.0 Å². The Morgan fingerprint density at radius 3 is 2.15 bits per heavy atom. The molecule has 2 heteroatoms. The first-order valence-electron chi connectivity index (χ1n) is 18.6. The molecule has 0 radical (unpaired) electrons. The molecule has 53 heavy (non-hydrogen) atoms. The number of hydrogen-bond acceptors (Lipinski definition) is 2. The van der Waals surface area contributed by atoms with Gasteiger partial charge in [0.05, 0.1) is 0 Å². The van der Waals surface area contributed by atoms with Gasteiger partial charge in [-0.05, 0) is 117 Å². The van der Waals surface area contributed by atoms with Crippen LogP contribution in [-0.4, -0.2) is 5.25 Å².